The van der Waals surface area contributed by atoms with Gasteiger partial charge in [0.15, 0.2) is 0 Å². The van der Waals surface area contributed by atoms with Gasteiger partial charge in [0.2, 0.25) is 0 Å². The Balaban J connectivity index is 2.68. The third kappa shape index (κ3) is 4.82. The van der Waals surface area contributed by atoms with Crippen molar-refractivity contribution >= 4 is 5.69 Å². The van der Waals surface area contributed by atoms with E-state index >= 15 is 0 Å². The number of aliphatic hydroxyl groups excluding tert-OH is 1. The molecule has 4 heteroatoms. The van der Waals surface area contributed by atoms with Crippen LogP contribution >= 0.6 is 0 Å². The third-order valence-corrected chi connectivity index (χ3v) is 3.42. The molecule has 0 aliphatic carbocycles. The number of benzene rings is 1. The first-order chi connectivity index (χ1) is 8.95. The van der Waals surface area contributed by atoms with Crippen LogP contribution in [-0.2, 0) is 0 Å². The lowest BCUT2D eigenvalue weighted by Gasteiger charge is -2.31. The van der Waals surface area contributed by atoms with Crippen LogP contribution in [0.4, 0.5) is 5.69 Å². The van der Waals surface area contributed by atoms with Gasteiger partial charge in [-0.2, -0.15) is 0 Å². The van der Waals surface area contributed by atoms with Gasteiger partial charge in [-0.15, -0.1) is 0 Å². The Morgan fingerprint density at radius 1 is 1.21 bits per heavy atom. The van der Waals surface area contributed by atoms with Gasteiger partial charge in [-0.3, -0.25) is 4.90 Å². The number of likely N-dealkylation sites (N-methyl/N-ethyl adjacent to an activating group) is 2. The molecule has 3 N–H and O–H groups in total. The summed E-state index contributed by atoms with van der Waals surface area (Å²) in [5.41, 5.74) is 7.38. The average molecular weight is 265 g/mol. The lowest BCUT2D eigenvalue weighted by Crippen LogP contribution is -2.42. The molecule has 1 rings (SSSR count). The number of nitrogen functional groups attached to an aromatic ring is 1. The fourth-order valence-corrected chi connectivity index (χ4v) is 2.40. The van der Waals surface area contributed by atoms with Gasteiger partial charge in [-0.05, 0) is 33.6 Å². The second-order valence-corrected chi connectivity index (χ2v) is 5.34. The van der Waals surface area contributed by atoms with Crippen molar-refractivity contribution in [2.45, 2.75) is 26.0 Å². The van der Waals surface area contributed by atoms with Crippen molar-refractivity contribution in [1.82, 2.24) is 9.80 Å². The quantitative estimate of drug-likeness (QED) is 0.735. The third-order valence-electron chi connectivity index (χ3n) is 3.42. The highest BCUT2D eigenvalue weighted by atomic mass is 16.3. The largest absolute Gasteiger partial charge is 0.398 e. The fourth-order valence-electron chi connectivity index (χ4n) is 2.40. The molecule has 0 aliphatic rings. The van der Waals surface area contributed by atoms with Gasteiger partial charge in [0.1, 0.15) is 0 Å². The minimum Gasteiger partial charge on any atom is -0.398 e. The molecule has 1 aromatic carbocycles. The predicted octanol–water partition coefficient (Wildman–Crippen LogP) is 1.57. The fraction of sp³-hybridized carbons (Fsp3) is 0.600. The zero-order chi connectivity index (χ0) is 14.4. The zero-order valence-electron chi connectivity index (χ0n) is 12.5. The molecule has 4 nitrogen and oxygen atoms in total. The van der Waals surface area contributed by atoms with E-state index in [-0.39, 0.29) is 0 Å². The van der Waals surface area contributed by atoms with E-state index in [1.165, 1.54) is 0 Å². The maximum Gasteiger partial charge on any atom is 0.0936 e. The average Bonchev–Trinajstić information content (AvgIpc) is 2.35. The summed E-state index contributed by atoms with van der Waals surface area (Å²) in [7, 11) is 4.13. The molecular weight excluding hydrogens is 238 g/mol. The molecule has 0 spiro atoms. The van der Waals surface area contributed by atoms with Gasteiger partial charge < -0.3 is 15.7 Å². The van der Waals surface area contributed by atoms with Crippen molar-refractivity contribution < 1.29 is 5.11 Å². The van der Waals surface area contributed by atoms with Crippen LogP contribution in [-0.4, -0.2) is 54.7 Å². The minimum atomic E-state index is -0.536. The van der Waals surface area contributed by atoms with Crippen LogP contribution in [0, 0.1) is 0 Å². The van der Waals surface area contributed by atoms with E-state index in [9.17, 15) is 5.11 Å². The van der Waals surface area contributed by atoms with Gasteiger partial charge in [-0.25, -0.2) is 0 Å². The van der Waals surface area contributed by atoms with Gasteiger partial charge in [0.25, 0.3) is 0 Å². The number of nitrogens with two attached hydrogens (primary N) is 1. The summed E-state index contributed by atoms with van der Waals surface area (Å²) in [6.07, 6.45) is -0.536. The van der Waals surface area contributed by atoms with Crippen LogP contribution in [0.25, 0.3) is 0 Å². The molecule has 0 saturated carbocycles. The molecule has 0 aromatic heterocycles. The molecule has 0 heterocycles. The number of aliphatic hydroxyl groups is 1. The molecular formula is C15H27N3O. The lowest BCUT2D eigenvalue weighted by atomic mass is 10.1. The Bertz CT molecular complexity index is 381. The molecule has 0 saturated heterocycles. The smallest absolute Gasteiger partial charge is 0.0936 e. The van der Waals surface area contributed by atoms with E-state index < -0.39 is 6.10 Å². The van der Waals surface area contributed by atoms with E-state index in [0.717, 1.165) is 18.7 Å². The van der Waals surface area contributed by atoms with E-state index in [1.54, 1.807) is 0 Å². The highest BCUT2D eigenvalue weighted by Gasteiger charge is 2.19. The highest BCUT2D eigenvalue weighted by molar-refractivity contribution is 5.47. The SMILES string of the molecule is CCN(CC(O)c1ccccc1N)C(C)CN(C)C. The molecule has 1 aromatic rings. The van der Waals surface area contributed by atoms with Crippen LogP contribution in [0.5, 0.6) is 0 Å². The zero-order valence-corrected chi connectivity index (χ0v) is 12.5. The van der Waals surface area contributed by atoms with Crippen LogP contribution in [0.1, 0.15) is 25.5 Å². The Kier molecular flexibility index (Phi) is 6.28. The summed E-state index contributed by atoms with van der Waals surface area (Å²) >= 11 is 0. The highest BCUT2D eigenvalue weighted by Crippen LogP contribution is 2.21. The monoisotopic (exact) mass is 265 g/mol. The summed E-state index contributed by atoms with van der Waals surface area (Å²) in [6.45, 7) is 6.81. The summed E-state index contributed by atoms with van der Waals surface area (Å²) in [6, 6.07) is 7.93. The summed E-state index contributed by atoms with van der Waals surface area (Å²) in [5.74, 6) is 0. The Labute approximate surface area is 116 Å². The van der Waals surface area contributed by atoms with Crippen molar-refractivity contribution in [3.05, 3.63) is 29.8 Å². The Morgan fingerprint density at radius 3 is 2.37 bits per heavy atom. The first-order valence-electron chi connectivity index (χ1n) is 6.87. The summed E-state index contributed by atoms with van der Waals surface area (Å²) in [5, 5.41) is 10.4. The van der Waals surface area contributed by atoms with Crippen LogP contribution in [0.15, 0.2) is 24.3 Å². The molecule has 0 fully saturated rings. The van der Waals surface area contributed by atoms with Crippen molar-refractivity contribution in [2.75, 3.05) is 39.5 Å². The molecule has 2 unspecified atom stereocenters. The van der Waals surface area contributed by atoms with Crippen molar-refractivity contribution in [2.24, 2.45) is 0 Å². The van der Waals surface area contributed by atoms with E-state index in [2.05, 4.69) is 37.7 Å². The van der Waals surface area contributed by atoms with E-state index in [0.29, 0.717) is 18.3 Å². The molecule has 19 heavy (non-hydrogen) atoms. The van der Waals surface area contributed by atoms with Crippen molar-refractivity contribution in [3.63, 3.8) is 0 Å². The van der Waals surface area contributed by atoms with Gasteiger partial charge in [-0.1, -0.05) is 25.1 Å². The van der Waals surface area contributed by atoms with Gasteiger partial charge >= 0.3 is 0 Å². The van der Waals surface area contributed by atoms with Crippen molar-refractivity contribution in [3.8, 4) is 0 Å². The maximum absolute atomic E-state index is 10.4. The van der Waals surface area contributed by atoms with Crippen molar-refractivity contribution in [1.29, 1.82) is 0 Å². The Morgan fingerprint density at radius 2 is 1.84 bits per heavy atom. The molecule has 108 valence electrons. The second kappa shape index (κ2) is 7.48. The number of hydrogen-bond donors (Lipinski definition) is 2. The maximum atomic E-state index is 10.4. The molecule has 0 aliphatic heterocycles. The predicted molar refractivity (Wildman–Crippen MR) is 81.1 cm³/mol. The number of nitrogens with zero attached hydrogens (tertiary/aromatic N) is 2. The second-order valence-electron chi connectivity index (χ2n) is 5.34. The molecule has 0 radical (unpaired) electrons. The summed E-state index contributed by atoms with van der Waals surface area (Å²) in [4.78, 5) is 4.44. The number of rotatable bonds is 7. The molecule has 0 bridgehead atoms. The number of para-hydroxylation sites is 1. The van der Waals surface area contributed by atoms with Gasteiger partial charge in [0, 0.05) is 30.4 Å². The Hall–Kier alpha value is -1.10. The number of hydrogen-bond acceptors (Lipinski definition) is 4. The summed E-state index contributed by atoms with van der Waals surface area (Å²) < 4.78 is 0. The minimum absolute atomic E-state index is 0.402. The first-order valence-corrected chi connectivity index (χ1v) is 6.87. The van der Waals surface area contributed by atoms with Crippen LogP contribution in [0.3, 0.4) is 0 Å². The van der Waals surface area contributed by atoms with E-state index in [4.69, 9.17) is 5.73 Å². The first kappa shape index (κ1) is 16.0. The number of anilines is 1. The topological polar surface area (TPSA) is 52.7 Å². The standard InChI is InChI=1S/C15H27N3O/c1-5-18(12(2)10-17(3)4)11-15(19)13-8-6-7-9-14(13)16/h6-9,12,15,19H,5,10-11,16H2,1-4H3. The van der Waals surface area contributed by atoms with Gasteiger partial charge in [0.05, 0.1) is 6.10 Å². The lowest BCUT2D eigenvalue weighted by molar-refractivity contribution is 0.0863. The normalized spacial score (nSPS) is 14.9. The molecule has 2 atom stereocenters. The van der Waals surface area contributed by atoms with E-state index in [1.807, 2.05) is 24.3 Å². The van der Waals surface area contributed by atoms with Crippen LogP contribution < -0.4 is 5.73 Å². The molecule has 0 amide bonds. The van der Waals surface area contributed by atoms with Crippen LogP contribution in [0.2, 0.25) is 0 Å².